The number of nitrogens with zero attached hydrogens (tertiary/aromatic N) is 1. The van der Waals surface area contributed by atoms with Crippen molar-refractivity contribution in [3.63, 3.8) is 0 Å². The number of rotatable bonds is 6. The van der Waals surface area contributed by atoms with E-state index in [9.17, 15) is 13.2 Å². The monoisotopic (exact) mass is 326 g/mol. The Bertz CT molecular complexity index is 630. The van der Waals surface area contributed by atoms with Gasteiger partial charge in [0.05, 0.1) is 18.4 Å². The van der Waals surface area contributed by atoms with Crippen molar-refractivity contribution >= 4 is 16.0 Å². The second kappa shape index (κ2) is 7.21. The fourth-order valence-corrected chi connectivity index (χ4v) is 4.70. The highest BCUT2D eigenvalue weighted by Gasteiger charge is 2.34. The zero-order valence-corrected chi connectivity index (χ0v) is 13.7. The third kappa shape index (κ3) is 3.66. The summed E-state index contributed by atoms with van der Waals surface area (Å²) in [5.74, 6) is -0.697. The standard InChI is InChI=1S/C15H22N2O4S/c1-16-10-13-7-5-9-17(13)22(19,20)11-12-6-3-4-8-14(12)15(18)21-2/h3-4,6,8,13,16H,5,7,9-11H2,1-2H3. The van der Waals surface area contributed by atoms with Crippen LogP contribution in [0.4, 0.5) is 0 Å². The SMILES string of the molecule is CNCC1CCCN1S(=O)(=O)Cc1ccccc1C(=O)OC. The first-order valence-electron chi connectivity index (χ1n) is 7.30. The number of benzene rings is 1. The number of carbonyl (C=O) groups is 1. The smallest absolute Gasteiger partial charge is 0.338 e. The third-order valence-corrected chi connectivity index (χ3v) is 5.75. The number of sulfonamides is 1. The molecule has 2 rings (SSSR count). The maximum absolute atomic E-state index is 12.7. The van der Waals surface area contributed by atoms with Gasteiger partial charge in [-0.05, 0) is 31.5 Å². The molecule has 0 aliphatic carbocycles. The highest BCUT2D eigenvalue weighted by Crippen LogP contribution is 2.24. The predicted octanol–water partition coefficient (Wildman–Crippen LogP) is 0.987. The van der Waals surface area contributed by atoms with Crippen LogP contribution in [-0.2, 0) is 20.5 Å². The van der Waals surface area contributed by atoms with E-state index in [4.69, 9.17) is 4.74 Å². The van der Waals surface area contributed by atoms with E-state index in [1.54, 1.807) is 28.6 Å². The first-order chi connectivity index (χ1) is 10.5. The molecule has 22 heavy (non-hydrogen) atoms. The van der Waals surface area contributed by atoms with Crippen molar-refractivity contribution in [2.24, 2.45) is 0 Å². The van der Waals surface area contributed by atoms with Gasteiger partial charge in [-0.15, -0.1) is 0 Å². The minimum atomic E-state index is -3.46. The van der Waals surface area contributed by atoms with Crippen LogP contribution in [0.1, 0.15) is 28.8 Å². The Morgan fingerprint density at radius 3 is 2.82 bits per heavy atom. The second-order valence-electron chi connectivity index (χ2n) is 5.37. The van der Waals surface area contributed by atoms with Crippen molar-refractivity contribution in [3.05, 3.63) is 35.4 Å². The van der Waals surface area contributed by atoms with Gasteiger partial charge in [-0.2, -0.15) is 4.31 Å². The summed E-state index contributed by atoms with van der Waals surface area (Å²) in [6.45, 7) is 1.17. The van der Waals surface area contributed by atoms with Gasteiger partial charge in [-0.3, -0.25) is 0 Å². The molecule has 0 bridgehead atoms. The second-order valence-corrected chi connectivity index (χ2v) is 7.29. The summed E-state index contributed by atoms with van der Waals surface area (Å²) in [5, 5.41) is 3.03. The van der Waals surface area contributed by atoms with E-state index in [-0.39, 0.29) is 11.8 Å². The molecule has 1 heterocycles. The topological polar surface area (TPSA) is 75.7 Å². The molecule has 0 radical (unpaired) electrons. The van der Waals surface area contributed by atoms with Crippen LogP contribution in [0, 0.1) is 0 Å². The minimum Gasteiger partial charge on any atom is -0.465 e. The van der Waals surface area contributed by atoms with Crippen LogP contribution in [0.3, 0.4) is 0 Å². The maximum atomic E-state index is 12.7. The fourth-order valence-electron chi connectivity index (χ4n) is 2.85. The first-order valence-corrected chi connectivity index (χ1v) is 8.91. The third-order valence-electron chi connectivity index (χ3n) is 3.88. The quantitative estimate of drug-likeness (QED) is 0.789. The van der Waals surface area contributed by atoms with E-state index in [1.807, 2.05) is 7.05 Å². The van der Waals surface area contributed by atoms with Gasteiger partial charge < -0.3 is 10.1 Å². The minimum absolute atomic E-state index is 0.0136. The molecule has 1 unspecified atom stereocenters. The van der Waals surface area contributed by atoms with Crippen LogP contribution in [0.15, 0.2) is 24.3 Å². The fraction of sp³-hybridized carbons (Fsp3) is 0.533. The largest absolute Gasteiger partial charge is 0.465 e. The lowest BCUT2D eigenvalue weighted by atomic mass is 10.1. The molecule has 1 atom stereocenters. The molecule has 1 fully saturated rings. The molecule has 1 aliphatic rings. The van der Waals surface area contributed by atoms with Gasteiger partial charge in [0.2, 0.25) is 10.0 Å². The van der Waals surface area contributed by atoms with E-state index in [0.29, 0.717) is 24.2 Å². The van der Waals surface area contributed by atoms with Crippen LogP contribution >= 0.6 is 0 Å². The average Bonchev–Trinajstić information content (AvgIpc) is 2.96. The lowest BCUT2D eigenvalue weighted by molar-refractivity contribution is 0.0600. The predicted molar refractivity (Wildman–Crippen MR) is 84.1 cm³/mol. The van der Waals surface area contributed by atoms with Crippen molar-refractivity contribution in [2.75, 3.05) is 27.2 Å². The summed E-state index contributed by atoms with van der Waals surface area (Å²) in [4.78, 5) is 11.8. The molecule has 122 valence electrons. The number of esters is 1. The first kappa shape index (κ1) is 16.9. The molecule has 0 aromatic heterocycles. The Labute approximate surface area is 131 Å². The highest BCUT2D eigenvalue weighted by molar-refractivity contribution is 7.88. The van der Waals surface area contributed by atoms with Gasteiger partial charge in [0.25, 0.3) is 0 Å². The van der Waals surface area contributed by atoms with Crippen LogP contribution in [-0.4, -0.2) is 52.0 Å². The Kier molecular flexibility index (Phi) is 5.55. The number of methoxy groups -OCH3 is 1. The Morgan fingerprint density at radius 1 is 1.41 bits per heavy atom. The van der Waals surface area contributed by atoms with Crippen LogP contribution in [0.2, 0.25) is 0 Å². The lowest BCUT2D eigenvalue weighted by Gasteiger charge is -2.24. The molecule has 0 saturated carbocycles. The van der Waals surface area contributed by atoms with Crippen LogP contribution < -0.4 is 5.32 Å². The van der Waals surface area contributed by atoms with Crippen molar-refractivity contribution in [3.8, 4) is 0 Å². The van der Waals surface area contributed by atoms with E-state index in [0.717, 1.165) is 12.8 Å². The molecule has 1 saturated heterocycles. The maximum Gasteiger partial charge on any atom is 0.338 e. The number of carbonyl (C=O) groups excluding carboxylic acids is 1. The summed E-state index contributed by atoms with van der Waals surface area (Å²) < 4.78 is 31.7. The van der Waals surface area contributed by atoms with Crippen molar-refractivity contribution in [1.82, 2.24) is 9.62 Å². The number of nitrogens with one attached hydrogen (secondary N) is 1. The lowest BCUT2D eigenvalue weighted by Crippen LogP contribution is -2.41. The van der Waals surface area contributed by atoms with Crippen molar-refractivity contribution in [2.45, 2.75) is 24.6 Å². The highest BCUT2D eigenvalue weighted by atomic mass is 32.2. The molecular weight excluding hydrogens is 304 g/mol. The van der Waals surface area contributed by atoms with E-state index >= 15 is 0 Å². The van der Waals surface area contributed by atoms with Gasteiger partial charge >= 0.3 is 5.97 Å². The van der Waals surface area contributed by atoms with E-state index < -0.39 is 16.0 Å². The van der Waals surface area contributed by atoms with Gasteiger partial charge in [0, 0.05) is 19.1 Å². The van der Waals surface area contributed by atoms with Crippen molar-refractivity contribution in [1.29, 1.82) is 0 Å². The molecule has 7 heteroatoms. The Morgan fingerprint density at radius 2 is 2.14 bits per heavy atom. The molecule has 0 amide bonds. The molecule has 6 nitrogen and oxygen atoms in total. The number of ether oxygens (including phenoxy) is 1. The molecule has 1 N–H and O–H groups in total. The summed E-state index contributed by atoms with van der Waals surface area (Å²) in [7, 11) is -0.359. The van der Waals surface area contributed by atoms with Gasteiger partial charge in [-0.25, -0.2) is 13.2 Å². The molecule has 0 spiro atoms. The number of hydrogen-bond donors (Lipinski definition) is 1. The summed E-state index contributed by atoms with van der Waals surface area (Å²) >= 11 is 0. The van der Waals surface area contributed by atoms with Crippen LogP contribution in [0.5, 0.6) is 0 Å². The van der Waals surface area contributed by atoms with E-state index in [1.165, 1.54) is 7.11 Å². The van der Waals surface area contributed by atoms with Crippen LogP contribution in [0.25, 0.3) is 0 Å². The van der Waals surface area contributed by atoms with Gasteiger partial charge in [0.1, 0.15) is 0 Å². The molecule has 1 aromatic carbocycles. The van der Waals surface area contributed by atoms with Gasteiger partial charge in [-0.1, -0.05) is 18.2 Å². The summed E-state index contributed by atoms with van der Waals surface area (Å²) in [6, 6.07) is 6.66. The number of likely N-dealkylation sites (N-methyl/N-ethyl adjacent to an activating group) is 1. The average molecular weight is 326 g/mol. The molecule has 1 aromatic rings. The van der Waals surface area contributed by atoms with E-state index in [2.05, 4.69) is 5.32 Å². The molecule has 1 aliphatic heterocycles. The summed E-state index contributed by atoms with van der Waals surface area (Å²) in [5.41, 5.74) is 0.780. The Balaban J connectivity index is 2.24. The zero-order chi connectivity index (χ0) is 16.2. The van der Waals surface area contributed by atoms with Gasteiger partial charge in [0.15, 0.2) is 0 Å². The van der Waals surface area contributed by atoms with Crippen molar-refractivity contribution < 1.29 is 17.9 Å². The number of hydrogen-bond acceptors (Lipinski definition) is 5. The zero-order valence-electron chi connectivity index (χ0n) is 12.9. The molecular formula is C15H22N2O4S. The summed E-state index contributed by atoms with van der Waals surface area (Å²) in [6.07, 6.45) is 1.73. The normalized spacial score (nSPS) is 19.3. The Hall–Kier alpha value is -1.44.